The average molecular weight is 539 g/mol. The Bertz CT molecular complexity index is 1100. The van der Waals surface area contributed by atoms with Crippen LogP contribution < -0.4 is 19.3 Å². The quantitative estimate of drug-likeness (QED) is 0.387. The van der Waals surface area contributed by atoms with Crippen LogP contribution in [0.2, 0.25) is 0 Å². The number of nitrogens with zero attached hydrogens (tertiary/aromatic N) is 2. The first kappa shape index (κ1) is 27.9. The number of halogens is 4. The smallest absolute Gasteiger partial charge is 0.393 e. The van der Waals surface area contributed by atoms with E-state index in [2.05, 4.69) is 6.92 Å². The summed E-state index contributed by atoms with van der Waals surface area (Å²) in [6.07, 6.45) is -3.55. The van der Waals surface area contributed by atoms with E-state index in [4.69, 9.17) is 9.47 Å². The molecule has 10 heteroatoms. The fraction of sp³-hybridized carbons (Fsp3) is 0.536. The van der Waals surface area contributed by atoms with E-state index in [1.165, 1.54) is 11.0 Å². The maximum absolute atomic E-state index is 14.6. The van der Waals surface area contributed by atoms with E-state index in [-0.39, 0.29) is 37.2 Å². The Morgan fingerprint density at radius 2 is 1.79 bits per heavy atom. The predicted molar refractivity (Wildman–Crippen MR) is 137 cm³/mol. The molecule has 0 bridgehead atoms. The van der Waals surface area contributed by atoms with Crippen molar-refractivity contribution in [2.24, 2.45) is 11.8 Å². The summed E-state index contributed by atoms with van der Waals surface area (Å²) in [7, 11) is 0. The molecule has 1 N–H and O–H groups in total. The number of carboxylic acids is 1. The van der Waals surface area contributed by atoms with Gasteiger partial charge in [0, 0.05) is 49.8 Å². The molecule has 0 amide bonds. The molecule has 0 aliphatic carbocycles. The number of anilines is 2. The molecule has 4 atom stereocenters. The second-order valence-electron chi connectivity index (χ2n) is 9.98. The summed E-state index contributed by atoms with van der Waals surface area (Å²) in [5.74, 6) is -1.61. The molecule has 0 spiro atoms. The Morgan fingerprint density at radius 3 is 2.42 bits per heavy atom. The molecule has 0 aromatic heterocycles. The summed E-state index contributed by atoms with van der Waals surface area (Å²) in [6.45, 7) is 5.40. The molecule has 2 fully saturated rings. The fourth-order valence-corrected chi connectivity index (χ4v) is 5.52. The van der Waals surface area contributed by atoms with Gasteiger partial charge in [0.15, 0.2) is 0 Å². The summed E-state index contributed by atoms with van der Waals surface area (Å²) in [5, 5.41) is 9.19. The van der Waals surface area contributed by atoms with Crippen LogP contribution in [-0.2, 0) is 4.79 Å². The van der Waals surface area contributed by atoms with Crippen LogP contribution in [0.5, 0.6) is 11.5 Å². The van der Waals surface area contributed by atoms with Crippen LogP contribution >= 0.6 is 0 Å². The van der Waals surface area contributed by atoms with Gasteiger partial charge >= 0.3 is 12.1 Å². The maximum atomic E-state index is 14.6. The maximum Gasteiger partial charge on any atom is 0.393 e. The van der Waals surface area contributed by atoms with Gasteiger partial charge in [0.25, 0.3) is 0 Å². The Morgan fingerprint density at radius 1 is 1.08 bits per heavy atom. The van der Waals surface area contributed by atoms with Crippen molar-refractivity contribution >= 4 is 17.3 Å². The van der Waals surface area contributed by atoms with E-state index in [9.17, 15) is 27.5 Å². The number of rotatable bonds is 9. The summed E-state index contributed by atoms with van der Waals surface area (Å²) in [4.78, 5) is 14.8. The number of ether oxygens (including phenoxy) is 2. The van der Waals surface area contributed by atoms with E-state index in [0.717, 1.165) is 6.42 Å². The van der Waals surface area contributed by atoms with Gasteiger partial charge < -0.3 is 24.4 Å². The number of carboxylic acid groups (broad SMARTS) is 1. The Hall–Kier alpha value is -3.17. The lowest BCUT2D eigenvalue weighted by molar-refractivity contribution is -0.169. The van der Waals surface area contributed by atoms with Gasteiger partial charge in [-0.05, 0) is 56.2 Å². The molecule has 6 nitrogen and oxygen atoms in total. The van der Waals surface area contributed by atoms with Gasteiger partial charge in [0.05, 0.1) is 24.6 Å². The highest BCUT2D eigenvalue weighted by atomic mass is 19.4. The molecule has 0 saturated carbocycles. The van der Waals surface area contributed by atoms with Gasteiger partial charge in [-0.1, -0.05) is 6.92 Å². The zero-order valence-electron chi connectivity index (χ0n) is 21.6. The van der Waals surface area contributed by atoms with Crippen molar-refractivity contribution in [2.45, 2.75) is 57.9 Å². The molecule has 0 radical (unpaired) electrons. The van der Waals surface area contributed by atoms with Crippen molar-refractivity contribution in [3.8, 4) is 11.5 Å². The van der Waals surface area contributed by atoms with Gasteiger partial charge in [-0.25, -0.2) is 4.39 Å². The number of hydrogen-bond donors (Lipinski definition) is 1. The van der Waals surface area contributed by atoms with Crippen LogP contribution in [0.15, 0.2) is 42.5 Å². The molecular formula is C28H34F4N2O4. The molecule has 2 aliphatic rings. The van der Waals surface area contributed by atoms with Crippen LogP contribution in [0.1, 0.15) is 39.5 Å². The normalized spacial score (nSPS) is 23.9. The second-order valence-corrected chi connectivity index (χ2v) is 9.98. The monoisotopic (exact) mass is 538 g/mol. The molecule has 2 aromatic carbocycles. The van der Waals surface area contributed by atoms with E-state index in [1.807, 2.05) is 11.8 Å². The van der Waals surface area contributed by atoms with Crippen molar-refractivity contribution in [3.05, 3.63) is 48.3 Å². The second kappa shape index (κ2) is 11.7. The summed E-state index contributed by atoms with van der Waals surface area (Å²) in [6, 6.07) is 10.9. The van der Waals surface area contributed by atoms with Crippen molar-refractivity contribution < 1.29 is 36.9 Å². The lowest BCUT2D eigenvalue weighted by atomic mass is 9.91. The van der Waals surface area contributed by atoms with Crippen LogP contribution in [0, 0.1) is 17.7 Å². The van der Waals surface area contributed by atoms with Crippen molar-refractivity contribution in [1.29, 1.82) is 0 Å². The molecule has 208 valence electrons. The van der Waals surface area contributed by atoms with Gasteiger partial charge in [-0.2, -0.15) is 13.2 Å². The van der Waals surface area contributed by atoms with Gasteiger partial charge in [0.1, 0.15) is 23.4 Å². The first-order valence-electron chi connectivity index (χ1n) is 13.1. The molecule has 2 aliphatic heterocycles. The third-order valence-corrected chi connectivity index (χ3v) is 7.50. The zero-order valence-corrected chi connectivity index (χ0v) is 21.6. The Labute approximate surface area is 220 Å². The Balaban J connectivity index is 1.42. The third-order valence-electron chi connectivity index (χ3n) is 7.50. The summed E-state index contributed by atoms with van der Waals surface area (Å²) >= 11 is 0. The third kappa shape index (κ3) is 6.45. The molecule has 2 aromatic rings. The minimum Gasteiger partial charge on any atom is -0.494 e. The van der Waals surface area contributed by atoms with Crippen LogP contribution in [-0.4, -0.2) is 55.6 Å². The topological polar surface area (TPSA) is 62.2 Å². The van der Waals surface area contributed by atoms with Crippen LogP contribution in [0.3, 0.4) is 0 Å². The molecule has 2 saturated heterocycles. The van der Waals surface area contributed by atoms with E-state index in [0.29, 0.717) is 49.0 Å². The first-order chi connectivity index (χ1) is 18.1. The lowest BCUT2D eigenvalue weighted by Gasteiger charge is -2.39. The number of aliphatic carboxylic acids is 1. The highest BCUT2D eigenvalue weighted by molar-refractivity contribution is 5.69. The molecule has 4 rings (SSSR count). The molecule has 38 heavy (non-hydrogen) atoms. The number of benzene rings is 2. The van der Waals surface area contributed by atoms with E-state index < -0.39 is 24.1 Å². The van der Waals surface area contributed by atoms with Crippen LogP contribution in [0.25, 0.3) is 0 Å². The predicted octanol–water partition coefficient (Wildman–Crippen LogP) is 6.14. The van der Waals surface area contributed by atoms with Crippen molar-refractivity contribution in [1.82, 2.24) is 0 Å². The standard InChI is InChI=1S/C28H34F4N2O4/c1-3-18-16-33(25-15-23(37-4-2)9-10-24(25)29)12-11-26(18)38-22-7-5-20(6-8-22)34-17-19(28(30,31)32)13-21(34)14-27(35)36/h5-10,15,18-19,21,26H,3-4,11-14,16-17H2,1-2H3,(H,35,36)/t18-,19-,21-,26-/m1/s1. The SMILES string of the molecule is CCOc1ccc(F)c(N2CC[C@@H](Oc3ccc(N4C[C@H](C(F)(F)F)C[C@@H]4CC(=O)O)cc3)[C@H](CC)C2)c1. The van der Waals surface area contributed by atoms with E-state index >= 15 is 0 Å². The van der Waals surface area contributed by atoms with Gasteiger partial charge in [-0.3, -0.25) is 4.79 Å². The zero-order chi connectivity index (χ0) is 27.4. The lowest BCUT2D eigenvalue weighted by Crippen LogP contribution is -2.45. The molecular weight excluding hydrogens is 504 g/mol. The summed E-state index contributed by atoms with van der Waals surface area (Å²) in [5.41, 5.74) is 1.05. The van der Waals surface area contributed by atoms with Crippen LogP contribution in [0.4, 0.5) is 28.9 Å². The average Bonchev–Trinajstić information content (AvgIpc) is 3.30. The number of piperidine rings is 1. The number of carbonyl (C=O) groups is 1. The number of hydrogen-bond acceptors (Lipinski definition) is 5. The summed E-state index contributed by atoms with van der Waals surface area (Å²) < 4.78 is 66.4. The first-order valence-corrected chi connectivity index (χ1v) is 13.1. The molecule has 0 unspecified atom stereocenters. The van der Waals surface area contributed by atoms with Crippen molar-refractivity contribution in [2.75, 3.05) is 36.0 Å². The minimum atomic E-state index is -4.37. The Kier molecular flexibility index (Phi) is 8.57. The number of alkyl halides is 3. The molecule has 2 heterocycles. The highest BCUT2D eigenvalue weighted by Gasteiger charge is 2.48. The van der Waals surface area contributed by atoms with E-state index in [1.54, 1.807) is 36.4 Å². The largest absolute Gasteiger partial charge is 0.494 e. The van der Waals surface area contributed by atoms with Crippen molar-refractivity contribution in [3.63, 3.8) is 0 Å². The van der Waals surface area contributed by atoms with Gasteiger partial charge in [-0.15, -0.1) is 0 Å². The minimum absolute atomic E-state index is 0.0959. The fourth-order valence-electron chi connectivity index (χ4n) is 5.52. The highest BCUT2D eigenvalue weighted by Crippen LogP contribution is 2.40. The van der Waals surface area contributed by atoms with Gasteiger partial charge in [0.2, 0.25) is 0 Å².